The van der Waals surface area contributed by atoms with Crippen LogP contribution in [0.2, 0.25) is 0 Å². The summed E-state index contributed by atoms with van der Waals surface area (Å²) in [6, 6.07) is 10.3. The molecule has 0 N–H and O–H groups in total. The number of hydrogen-bond acceptors (Lipinski definition) is 3. The van der Waals surface area contributed by atoms with Gasteiger partial charge < -0.3 is 4.90 Å². The van der Waals surface area contributed by atoms with Crippen molar-refractivity contribution in [3.05, 3.63) is 78.4 Å². The molecule has 0 saturated carbocycles. The molecule has 0 aliphatic heterocycles. The number of nitrogens with zero attached hydrogens (tertiary/aromatic N) is 4. The maximum absolute atomic E-state index is 14.2. The summed E-state index contributed by atoms with van der Waals surface area (Å²) in [7, 11) is 0. The van der Waals surface area contributed by atoms with Crippen molar-refractivity contribution in [3.8, 4) is 0 Å². The van der Waals surface area contributed by atoms with E-state index in [-0.39, 0.29) is 24.6 Å². The van der Waals surface area contributed by atoms with Crippen molar-refractivity contribution in [3.63, 3.8) is 0 Å². The molecule has 0 radical (unpaired) electrons. The smallest absolute Gasteiger partial charge is 0.227 e. The quantitative estimate of drug-likeness (QED) is 0.650. The van der Waals surface area contributed by atoms with Gasteiger partial charge in [-0.15, -0.1) is 0 Å². The molecule has 3 rings (SSSR count). The molecular weight excluding hydrogens is 338 g/mol. The van der Waals surface area contributed by atoms with E-state index in [4.69, 9.17) is 0 Å². The second kappa shape index (κ2) is 8.33. The number of aryl methyl sites for hydroxylation is 1. The maximum atomic E-state index is 14.2. The lowest BCUT2D eigenvalue weighted by atomic mass is 10.2. The minimum Gasteiger partial charge on any atom is -0.304 e. The highest BCUT2D eigenvalue weighted by molar-refractivity contribution is 5.93. The third-order valence-corrected chi connectivity index (χ3v) is 3.88. The Balaban J connectivity index is 1.76. The van der Waals surface area contributed by atoms with Gasteiger partial charge >= 0.3 is 0 Å². The summed E-state index contributed by atoms with van der Waals surface area (Å²) in [5.41, 5.74) is 0.665. The van der Waals surface area contributed by atoms with Gasteiger partial charge in [0.05, 0.1) is 17.9 Å². The van der Waals surface area contributed by atoms with Crippen molar-refractivity contribution in [1.82, 2.24) is 14.8 Å². The van der Waals surface area contributed by atoms with Gasteiger partial charge in [0, 0.05) is 37.6 Å². The van der Waals surface area contributed by atoms with Crippen LogP contribution in [-0.2, 0) is 17.9 Å². The fourth-order valence-corrected chi connectivity index (χ4v) is 2.62. The van der Waals surface area contributed by atoms with Crippen LogP contribution in [0.5, 0.6) is 0 Å². The zero-order valence-corrected chi connectivity index (χ0v) is 14.1. The summed E-state index contributed by atoms with van der Waals surface area (Å²) in [5, 5.41) is 4.09. The largest absolute Gasteiger partial charge is 0.304 e. The number of carbonyl (C=O) groups is 1. The van der Waals surface area contributed by atoms with Crippen molar-refractivity contribution >= 4 is 11.6 Å². The fourth-order valence-electron chi connectivity index (χ4n) is 2.62. The molecule has 7 heteroatoms. The van der Waals surface area contributed by atoms with E-state index < -0.39 is 11.6 Å². The van der Waals surface area contributed by atoms with Gasteiger partial charge in [0.1, 0.15) is 11.6 Å². The predicted molar refractivity (Wildman–Crippen MR) is 93.2 cm³/mol. The van der Waals surface area contributed by atoms with Crippen molar-refractivity contribution in [2.45, 2.75) is 25.9 Å². The Labute approximate surface area is 149 Å². The van der Waals surface area contributed by atoms with Crippen LogP contribution in [0.25, 0.3) is 0 Å². The summed E-state index contributed by atoms with van der Waals surface area (Å²) in [5.74, 6) is -1.72. The summed E-state index contributed by atoms with van der Waals surface area (Å²) in [4.78, 5) is 18.2. The minimum absolute atomic E-state index is 0.0427. The number of benzene rings is 1. The van der Waals surface area contributed by atoms with E-state index >= 15 is 0 Å². The lowest BCUT2D eigenvalue weighted by Crippen LogP contribution is -2.31. The van der Waals surface area contributed by atoms with Gasteiger partial charge in [0.25, 0.3) is 0 Å². The van der Waals surface area contributed by atoms with E-state index in [1.807, 2.05) is 12.3 Å². The Morgan fingerprint density at radius 3 is 2.69 bits per heavy atom. The first-order chi connectivity index (χ1) is 12.6. The average Bonchev–Trinajstić information content (AvgIpc) is 3.14. The highest BCUT2D eigenvalue weighted by atomic mass is 19.1. The number of aromatic nitrogens is 3. The fraction of sp³-hybridized carbons (Fsp3) is 0.211. The molecule has 2 aromatic heterocycles. The standard InChI is InChI=1S/C19H18F2N4O/c20-15-7-8-18(17(21)13-15)25(14-16-5-1-2-9-22-16)19(26)6-3-11-24-12-4-10-23-24/h1-2,4-5,7-10,12-13H,3,6,11,14H2. The lowest BCUT2D eigenvalue weighted by Gasteiger charge is -2.23. The van der Waals surface area contributed by atoms with Crippen molar-refractivity contribution in [1.29, 1.82) is 0 Å². The monoisotopic (exact) mass is 356 g/mol. The molecule has 0 bridgehead atoms. The van der Waals surface area contributed by atoms with E-state index in [1.165, 1.54) is 11.0 Å². The second-order valence-corrected chi connectivity index (χ2v) is 5.77. The molecule has 0 atom stereocenters. The molecule has 0 aliphatic rings. The van der Waals surface area contributed by atoms with Crippen LogP contribution in [0, 0.1) is 11.6 Å². The molecule has 0 spiro atoms. The van der Waals surface area contributed by atoms with Crippen LogP contribution in [0.15, 0.2) is 61.1 Å². The first-order valence-electron chi connectivity index (χ1n) is 8.26. The normalized spacial score (nSPS) is 10.7. The van der Waals surface area contributed by atoms with Crippen molar-refractivity contribution < 1.29 is 13.6 Å². The van der Waals surface area contributed by atoms with Gasteiger partial charge in [-0.2, -0.15) is 5.10 Å². The predicted octanol–water partition coefficient (Wildman–Crippen LogP) is 3.57. The third kappa shape index (κ3) is 4.50. The van der Waals surface area contributed by atoms with Gasteiger partial charge in [-0.3, -0.25) is 14.5 Å². The molecule has 2 heterocycles. The molecule has 0 fully saturated rings. The van der Waals surface area contributed by atoms with Gasteiger partial charge in [-0.1, -0.05) is 6.07 Å². The third-order valence-electron chi connectivity index (χ3n) is 3.88. The molecular formula is C19H18F2N4O. The lowest BCUT2D eigenvalue weighted by molar-refractivity contribution is -0.119. The van der Waals surface area contributed by atoms with Crippen LogP contribution in [-0.4, -0.2) is 20.7 Å². The minimum atomic E-state index is -0.777. The van der Waals surface area contributed by atoms with E-state index in [9.17, 15) is 13.6 Å². The number of amides is 1. The van der Waals surface area contributed by atoms with Crippen LogP contribution in [0.1, 0.15) is 18.5 Å². The number of carbonyl (C=O) groups excluding carboxylic acids is 1. The molecule has 3 aromatic rings. The topological polar surface area (TPSA) is 51.0 Å². The first kappa shape index (κ1) is 17.7. The van der Waals surface area contributed by atoms with Crippen LogP contribution < -0.4 is 4.90 Å². The Hall–Kier alpha value is -3.09. The van der Waals surface area contributed by atoms with Gasteiger partial charge in [0.15, 0.2) is 0 Å². The summed E-state index contributed by atoms with van der Waals surface area (Å²) < 4.78 is 29.2. The maximum Gasteiger partial charge on any atom is 0.227 e. The van der Waals surface area contributed by atoms with Gasteiger partial charge in [0.2, 0.25) is 5.91 Å². The summed E-state index contributed by atoms with van der Waals surface area (Å²) in [6.45, 7) is 0.700. The molecule has 0 aliphatic carbocycles. The molecule has 1 aromatic carbocycles. The molecule has 0 unspecified atom stereocenters. The Bertz CT molecular complexity index is 853. The Kier molecular flexibility index (Phi) is 5.68. The van der Waals surface area contributed by atoms with E-state index in [2.05, 4.69) is 10.1 Å². The van der Waals surface area contributed by atoms with Crippen LogP contribution in [0.3, 0.4) is 0 Å². The van der Waals surface area contributed by atoms with E-state index in [0.717, 1.165) is 12.1 Å². The van der Waals surface area contributed by atoms with Gasteiger partial charge in [-0.05, 0) is 36.8 Å². The zero-order valence-electron chi connectivity index (χ0n) is 14.1. The first-order valence-corrected chi connectivity index (χ1v) is 8.26. The Morgan fingerprint density at radius 1 is 1.12 bits per heavy atom. The number of rotatable bonds is 7. The second-order valence-electron chi connectivity index (χ2n) is 5.77. The van der Waals surface area contributed by atoms with Crippen molar-refractivity contribution in [2.75, 3.05) is 4.90 Å². The Morgan fingerprint density at radius 2 is 2.00 bits per heavy atom. The number of anilines is 1. The zero-order chi connectivity index (χ0) is 18.4. The van der Waals surface area contributed by atoms with Crippen LogP contribution >= 0.6 is 0 Å². The molecule has 26 heavy (non-hydrogen) atoms. The highest BCUT2D eigenvalue weighted by Gasteiger charge is 2.20. The van der Waals surface area contributed by atoms with E-state index in [0.29, 0.717) is 18.7 Å². The molecule has 134 valence electrons. The summed E-state index contributed by atoms with van der Waals surface area (Å²) >= 11 is 0. The SMILES string of the molecule is O=C(CCCn1cccn1)N(Cc1ccccn1)c1ccc(F)cc1F. The highest BCUT2D eigenvalue weighted by Crippen LogP contribution is 2.23. The summed E-state index contributed by atoms with van der Waals surface area (Å²) in [6.07, 6.45) is 5.86. The molecule has 5 nitrogen and oxygen atoms in total. The number of halogens is 2. The average molecular weight is 356 g/mol. The molecule has 1 amide bonds. The molecule has 0 saturated heterocycles. The van der Waals surface area contributed by atoms with Crippen LogP contribution in [0.4, 0.5) is 14.5 Å². The van der Waals surface area contributed by atoms with Crippen molar-refractivity contribution in [2.24, 2.45) is 0 Å². The van der Waals surface area contributed by atoms with E-state index in [1.54, 1.807) is 35.3 Å². The number of pyridine rings is 1. The number of hydrogen-bond donors (Lipinski definition) is 0. The van der Waals surface area contributed by atoms with Gasteiger partial charge in [-0.25, -0.2) is 8.78 Å².